The van der Waals surface area contributed by atoms with E-state index in [0.29, 0.717) is 6.42 Å². The SMILES string of the molecule is N[C@@H](Cc1ccccc1)C(=O)OCF. The minimum absolute atomic E-state index is 0.361. The Morgan fingerprint density at radius 1 is 1.43 bits per heavy atom. The van der Waals surface area contributed by atoms with E-state index in [2.05, 4.69) is 4.74 Å². The van der Waals surface area contributed by atoms with E-state index in [1.807, 2.05) is 30.3 Å². The highest BCUT2D eigenvalue weighted by Gasteiger charge is 2.14. The van der Waals surface area contributed by atoms with Crippen molar-refractivity contribution in [3.05, 3.63) is 35.9 Å². The van der Waals surface area contributed by atoms with Gasteiger partial charge in [-0.2, -0.15) is 0 Å². The van der Waals surface area contributed by atoms with Gasteiger partial charge in [-0.3, -0.25) is 4.79 Å². The number of carbonyl (C=O) groups excluding carboxylic acids is 1. The number of nitrogens with two attached hydrogens (primary N) is 1. The number of hydrogen-bond acceptors (Lipinski definition) is 3. The van der Waals surface area contributed by atoms with Gasteiger partial charge >= 0.3 is 5.97 Å². The highest BCUT2D eigenvalue weighted by atomic mass is 19.1. The Hall–Kier alpha value is -1.42. The topological polar surface area (TPSA) is 52.3 Å². The molecule has 3 nitrogen and oxygen atoms in total. The summed E-state index contributed by atoms with van der Waals surface area (Å²) in [4.78, 5) is 11.0. The number of benzene rings is 1. The van der Waals surface area contributed by atoms with Gasteiger partial charge in [0.2, 0.25) is 6.86 Å². The normalized spacial score (nSPS) is 12.1. The molecule has 0 heterocycles. The van der Waals surface area contributed by atoms with Crippen molar-refractivity contribution in [2.45, 2.75) is 12.5 Å². The number of hydrogen-bond donors (Lipinski definition) is 1. The summed E-state index contributed by atoms with van der Waals surface area (Å²) in [5.74, 6) is -0.712. The first-order valence-electron chi connectivity index (χ1n) is 4.26. The first kappa shape index (κ1) is 10.7. The Morgan fingerprint density at radius 3 is 2.64 bits per heavy atom. The van der Waals surface area contributed by atoms with Gasteiger partial charge in [0.1, 0.15) is 6.04 Å². The average molecular weight is 197 g/mol. The second kappa shape index (κ2) is 5.34. The van der Waals surface area contributed by atoms with Crippen molar-refractivity contribution in [3.8, 4) is 0 Å². The van der Waals surface area contributed by atoms with E-state index in [1.165, 1.54) is 0 Å². The molecule has 1 rings (SSSR count). The minimum atomic E-state index is -1.12. The second-order valence-corrected chi connectivity index (χ2v) is 2.87. The zero-order valence-corrected chi connectivity index (χ0v) is 7.65. The van der Waals surface area contributed by atoms with Gasteiger partial charge in [0.25, 0.3) is 0 Å². The number of ether oxygens (including phenoxy) is 1. The molecule has 4 heteroatoms. The molecule has 0 unspecified atom stereocenters. The molecule has 76 valence electrons. The van der Waals surface area contributed by atoms with Crippen LogP contribution in [0, 0.1) is 0 Å². The molecule has 0 aliphatic heterocycles. The Labute approximate surface area is 81.7 Å². The van der Waals surface area contributed by atoms with Crippen LogP contribution < -0.4 is 5.73 Å². The van der Waals surface area contributed by atoms with E-state index in [-0.39, 0.29) is 0 Å². The van der Waals surface area contributed by atoms with Crippen LogP contribution in [-0.4, -0.2) is 18.9 Å². The minimum Gasteiger partial charge on any atom is -0.433 e. The molecule has 0 aliphatic carbocycles. The molecule has 0 spiro atoms. The van der Waals surface area contributed by atoms with Crippen molar-refractivity contribution in [2.75, 3.05) is 6.86 Å². The van der Waals surface area contributed by atoms with Crippen LogP contribution in [0.25, 0.3) is 0 Å². The van der Waals surface area contributed by atoms with E-state index >= 15 is 0 Å². The number of carbonyl (C=O) groups is 1. The predicted octanol–water partition coefficient (Wildman–Crippen LogP) is 1.03. The van der Waals surface area contributed by atoms with E-state index in [1.54, 1.807) is 0 Å². The molecule has 0 aliphatic rings. The zero-order valence-electron chi connectivity index (χ0n) is 7.65. The molecule has 0 aromatic heterocycles. The van der Waals surface area contributed by atoms with Gasteiger partial charge in [0, 0.05) is 0 Å². The molecule has 1 atom stereocenters. The zero-order chi connectivity index (χ0) is 10.4. The van der Waals surface area contributed by atoms with Gasteiger partial charge in [0.15, 0.2) is 0 Å². The van der Waals surface area contributed by atoms with E-state index in [0.717, 1.165) is 5.56 Å². The molecule has 0 amide bonds. The summed E-state index contributed by atoms with van der Waals surface area (Å²) in [6, 6.07) is 8.47. The fourth-order valence-electron chi connectivity index (χ4n) is 1.11. The van der Waals surface area contributed by atoms with E-state index in [4.69, 9.17) is 5.73 Å². The third-order valence-electron chi connectivity index (χ3n) is 1.80. The van der Waals surface area contributed by atoms with Crippen LogP contribution in [0.4, 0.5) is 4.39 Å². The van der Waals surface area contributed by atoms with Crippen molar-refractivity contribution in [2.24, 2.45) is 5.73 Å². The molecule has 1 aromatic carbocycles. The summed E-state index contributed by atoms with van der Waals surface area (Å²) in [5.41, 5.74) is 6.42. The van der Waals surface area contributed by atoms with Gasteiger partial charge in [0.05, 0.1) is 0 Å². The number of halogens is 1. The monoisotopic (exact) mass is 197 g/mol. The van der Waals surface area contributed by atoms with Gasteiger partial charge in [-0.15, -0.1) is 0 Å². The number of rotatable bonds is 4. The van der Waals surface area contributed by atoms with Crippen LogP contribution in [0.1, 0.15) is 5.56 Å². The quantitative estimate of drug-likeness (QED) is 0.733. The lowest BCUT2D eigenvalue weighted by atomic mass is 10.1. The smallest absolute Gasteiger partial charge is 0.325 e. The maximum absolute atomic E-state index is 11.6. The lowest BCUT2D eigenvalue weighted by molar-refractivity contribution is -0.149. The third kappa shape index (κ3) is 3.14. The van der Waals surface area contributed by atoms with Crippen LogP contribution in [0.5, 0.6) is 0 Å². The Balaban J connectivity index is 2.49. The number of esters is 1. The third-order valence-corrected chi connectivity index (χ3v) is 1.80. The van der Waals surface area contributed by atoms with Crippen molar-refractivity contribution >= 4 is 5.97 Å². The summed E-state index contributed by atoms with van der Waals surface area (Å²) in [5, 5.41) is 0. The molecular formula is C10H12FNO2. The molecule has 0 saturated carbocycles. The summed E-state index contributed by atoms with van der Waals surface area (Å²) in [6.07, 6.45) is 0.361. The van der Waals surface area contributed by atoms with Crippen molar-refractivity contribution < 1.29 is 13.9 Å². The van der Waals surface area contributed by atoms with Crippen LogP contribution in [0.15, 0.2) is 30.3 Å². The second-order valence-electron chi connectivity index (χ2n) is 2.87. The molecule has 0 fully saturated rings. The highest BCUT2D eigenvalue weighted by Crippen LogP contribution is 2.02. The van der Waals surface area contributed by atoms with Crippen molar-refractivity contribution in [1.29, 1.82) is 0 Å². The van der Waals surface area contributed by atoms with Gasteiger partial charge in [-0.05, 0) is 12.0 Å². The largest absolute Gasteiger partial charge is 0.433 e. The van der Waals surface area contributed by atoms with E-state index in [9.17, 15) is 9.18 Å². The van der Waals surface area contributed by atoms with Crippen molar-refractivity contribution in [1.82, 2.24) is 0 Å². The molecule has 0 bridgehead atoms. The summed E-state index contributed by atoms with van der Waals surface area (Å²) < 4.78 is 15.8. The Bertz CT molecular complexity index is 289. The van der Waals surface area contributed by atoms with Gasteiger partial charge < -0.3 is 10.5 Å². The molecular weight excluding hydrogens is 185 g/mol. The van der Waals surface area contributed by atoms with Gasteiger partial charge in [-0.25, -0.2) is 4.39 Å². The molecule has 14 heavy (non-hydrogen) atoms. The van der Waals surface area contributed by atoms with Crippen LogP contribution in [0.3, 0.4) is 0 Å². The van der Waals surface area contributed by atoms with Gasteiger partial charge in [-0.1, -0.05) is 30.3 Å². The molecule has 1 aromatic rings. The first-order chi connectivity index (χ1) is 6.74. The summed E-state index contributed by atoms with van der Waals surface area (Å²) in [7, 11) is 0. The number of alkyl halides is 1. The lowest BCUT2D eigenvalue weighted by Gasteiger charge is -2.08. The molecule has 0 radical (unpaired) electrons. The van der Waals surface area contributed by atoms with Crippen LogP contribution in [0.2, 0.25) is 0 Å². The highest BCUT2D eigenvalue weighted by molar-refractivity contribution is 5.75. The summed E-state index contributed by atoms with van der Waals surface area (Å²) >= 11 is 0. The van der Waals surface area contributed by atoms with E-state index < -0.39 is 18.9 Å². The lowest BCUT2D eigenvalue weighted by Crippen LogP contribution is -2.34. The Kier molecular flexibility index (Phi) is 4.07. The fraction of sp³-hybridized carbons (Fsp3) is 0.300. The first-order valence-corrected chi connectivity index (χ1v) is 4.26. The Morgan fingerprint density at radius 2 is 2.07 bits per heavy atom. The van der Waals surface area contributed by atoms with Crippen molar-refractivity contribution in [3.63, 3.8) is 0 Å². The average Bonchev–Trinajstić information content (AvgIpc) is 2.19. The molecule has 2 N–H and O–H groups in total. The summed E-state index contributed by atoms with van der Waals surface area (Å²) in [6.45, 7) is -1.12. The fourth-order valence-corrected chi connectivity index (χ4v) is 1.11. The van der Waals surface area contributed by atoms with Crippen LogP contribution >= 0.6 is 0 Å². The predicted molar refractivity (Wildman–Crippen MR) is 50.2 cm³/mol. The molecule has 0 saturated heterocycles. The van der Waals surface area contributed by atoms with Crippen LogP contribution in [-0.2, 0) is 16.0 Å². The standard InChI is InChI=1S/C10H12FNO2/c11-7-14-10(13)9(12)6-8-4-2-1-3-5-8/h1-5,9H,6-7,12H2/t9-/m0/s1. The maximum atomic E-state index is 11.6. The maximum Gasteiger partial charge on any atom is 0.325 e.